The Kier molecular flexibility index (Phi) is 8.78. The third-order valence-electron chi connectivity index (χ3n) is 5.26. The van der Waals surface area contributed by atoms with Gasteiger partial charge in [-0.15, -0.1) is 0 Å². The van der Waals surface area contributed by atoms with Crippen molar-refractivity contribution >= 4 is 0 Å². The second-order valence-corrected chi connectivity index (χ2v) is 7.03. The van der Waals surface area contributed by atoms with E-state index in [4.69, 9.17) is 0 Å². The molecule has 0 saturated carbocycles. The molecule has 0 spiro atoms. The fourth-order valence-electron chi connectivity index (χ4n) is 4.28. The molecule has 0 bridgehead atoms. The van der Waals surface area contributed by atoms with Gasteiger partial charge in [0.15, 0.2) is 0 Å². The van der Waals surface area contributed by atoms with Crippen LogP contribution in [0.5, 0.6) is 0 Å². The van der Waals surface area contributed by atoms with Gasteiger partial charge in [0, 0.05) is 0 Å². The topological polar surface area (TPSA) is 0 Å². The van der Waals surface area contributed by atoms with E-state index in [2.05, 4.69) is 106 Å². The highest BCUT2D eigenvalue weighted by Gasteiger charge is 2.48. The van der Waals surface area contributed by atoms with Gasteiger partial charge in [0.2, 0.25) is 0 Å². The molecule has 156 valence electrons. The minimum Gasteiger partial charge on any atom is -0.0991 e. The first kappa shape index (κ1) is 23.6. The monoisotopic (exact) mass is 404 g/mol. The fraction of sp³-hybridized carbons (Fsp3) is 0.0968. The standard InChI is InChI=1S/C31H32/c1-7-13-22-25(17-8-2)31(26-23-15-14-16-24-26)29(20-11-5)27(18-9-3)28(19-10-4)30(31)21-12-6/h7-24H,1-3,5H2,4,6H3/b19-10-,21-12-,22-13-,25-17+,27-18-,29-20+. The van der Waals surface area contributed by atoms with Gasteiger partial charge >= 0.3 is 0 Å². The van der Waals surface area contributed by atoms with Crippen molar-refractivity contribution in [3.8, 4) is 0 Å². The van der Waals surface area contributed by atoms with Gasteiger partial charge in [-0.05, 0) is 47.3 Å². The lowest BCUT2D eigenvalue weighted by Gasteiger charge is -2.36. The Morgan fingerprint density at radius 2 is 1.48 bits per heavy atom. The number of hydrogen-bond donors (Lipinski definition) is 0. The van der Waals surface area contributed by atoms with Crippen molar-refractivity contribution in [1.29, 1.82) is 0 Å². The van der Waals surface area contributed by atoms with E-state index < -0.39 is 5.41 Å². The normalized spacial score (nSPS) is 22.3. The van der Waals surface area contributed by atoms with Crippen LogP contribution in [0.1, 0.15) is 19.4 Å². The summed E-state index contributed by atoms with van der Waals surface area (Å²) < 4.78 is 0. The second kappa shape index (κ2) is 11.5. The molecule has 0 N–H and O–H groups in total. The van der Waals surface area contributed by atoms with Crippen molar-refractivity contribution in [2.45, 2.75) is 19.3 Å². The van der Waals surface area contributed by atoms with Crippen LogP contribution in [0.25, 0.3) is 0 Å². The van der Waals surface area contributed by atoms with Gasteiger partial charge in [-0.25, -0.2) is 0 Å². The van der Waals surface area contributed by atoms with Gasteiger partial charge in [-0.1, -0.05) is 136 Å². The summed E-state index contributed by atoms with van der Waals surface area (Å²) in [4.78, 5) is 0. The Labute approximate surface area is 188 Å². The smallest absolute Gasteiger partial charge is 0.0713 e. The molecule has 2 rings (SSSR count). The van der Waals surface area contributed by atoms with E-state index in [1.54, 1.807) is 6.08 Å². The zero-order valence-electron chi connectivity index (χ0n) is 18.7. The van der Waals surface area contributed by atoms with E-state index in [1.165, 1.54) is 16.7 Å². The molecule has 0 amide bonds. The molecule has 31 heavy (non-hydrogen) atoms. The summed E-state index contributed by atoms with van der Waals surface area (Å²) in [5, 5.41) is 0. The highest BCUT2D eigenvalue weighted by atomic mass is 14.5. The lowest BCUT2D eigenvalue weighted by Crippen LogP contribution is -2.30. The number of rotatable bonds is 9. The Morgan fingerprint density at radius 3 is 2.03 bits per heavy atom. The summed E-state index contributed by atoms with van der Waals surface area (Å²) in [6, 6.07) is 10.6. The van der Waals surface area contributed by atoms with Crippen LogP contribution in [-0.4, -0.2) is 0 Å². The van der Waals surface area contributed by atoms with Crippen molar-refractivity contribution in [1.82, 2.24) is 0 Å². The van der Waals surface area contributed by atoms with Gasteiger partial charge in [0.1, 0.15) is 0 Å². The summed E-state index contributed by atoms with van der Waals surface area (Å²) in [5.74, 6) is 0. The highest BCUT2D eigenvalue weighted by Crippen LogP contribution is 2.57. The van der Waals surface area contributed by atoms with Gasteiger partial charge in [0.05, 0.1) is 5.41 Å². The third-order valence-corrected chi connectivity index (χ3v) is 5.26. The number of allylic oxidation sites excluding steroid dienone is 18. The van der Waals surface area contributed by atoms with Crippen LogP contribution in [0.4, 0.5) is 0 Å². The maximum absolute atomic E-state index is 4.03. The molecule has 0 nitrogen and oxygen atoms in total. The van der Waals surface area contributed by atoms with Crippen molar-refractivity contribution in [2.24, 2.45) is 0 Å². The SMILES string of the molecule is C=C/C=C\C(=C/C=C)C1(c2ccccc2)C(/C=C\C)=C(/C=C\C)C(=C/C=C)/C1=C\C=C. The van der Waals surface area contributed by atoms with E-state index in [-0.39, 0.29) is 0 Å². The summed E-state index contributed by atoms with van der Waals surface area (Å²) in [7, 11) is 0. The molecule has 0 heteroatoms. The van der Waals surface area contributed by atoms with E-state index in [0.29, 0.717) is 0 Å². The van der Waals surface area contributed by atoms with Crippen LogP contribution in [0, 0.1) is 0 Å². The van der Waals surface area contributed by atoms with Gasteiger partial charge in [-0.2, -0.15) is 0 Å². The van der Waals surface area contributed by atoms with Crippen LogP contribution in [0.3, 0.4) is 0 Å². The minimum absolute atomic E-state index is 0.542. The van der Waals surface area contributed by atoms with Crippen LogP contribution in [0.15, 0.2) is 164 Å². The molecule has 1 aromatic carbocycles. The predicted molar refractivity (Wildman–Crippen MR) is 139 cm³/mol. The van der Waals surface area contributed by atoms with E-state index >= 15 is 0 Å². The van der Waals surface area contributed by atoms with Crippen molar-refractivity contribution in [2.75, 3.05) is 0 Å². The summed E-state index contributed by atoms with van der Waals surface area (Å²) in [6.07, 6.45) is 26.3. The molecule has 1 atom stereocenters. The lowest BCUT2D eigenvalue weighted by atomic mass is 9.65. The molecule has 1 aliphatic rings. The first-order valence-corrected chi connectivity index (χ1v) is 10.5. The molecule has 0 heterocycles. The number of hydrogen-bond acceptors (Lipinski definition) is 0. The van der Waals surface area contributed by atoms with Gasteiger partial charge in [-0.3, -0.25) is 0 Å². The van der Waals surface area contributed by atoms with Crippen LogP contribution < -0.4 is 0 Å². The van der Waals surface area contributed by atoms with E-state index in [1.807, 2.05) is 37.3 Å². The molecule has 1 unspecified atom stereocenters. The quantitative estimate of drug-likeness (QED) is 0.362. The maximum Gasteiger partial charge on any atom is 0.0713 e. The van der Waals surface area contributed by atoms with Gasteiger partial charge in [0.25, 0.3) is 0 Å². The zero-order valence-corrected chi connectivity index (χ0v) is 18.7. The molecule has 1 aliphatic carbocycles. The highest BCUT2D eigenvalue weighted by molar-refractivity contribution is 5.79. The van der Waals surface area contributed by atoms with Crippen LogP contribution in [0.2, 0.25) is 0 Å². The Balaban J connectivity index is 3.24. The average Bonchev–Trinajstić information content (AvgIpc) is 3.03. The first-order valence-electron chi connectivity index (χ1n) is 10.5. The third kappa shape index (κ3) is 4.44. The second-order valence-electron chi connectivity index (χ2n) is 7.03. The van der Waals surface area contributed by atoms with E-state index in [0.717, 1.165) is 16.7 Å². The Morgan fingerprint density at radius 1 is 0.806 bits per heavy atom. The fourth-order valence-corrected chi connectivity index (χ4v) is 4.28. The predicted octanol–water partition coefficient (Wildman–Crippen LogP) is 8.47. The summed E-state index contributed by atoms with van der Waals surface area (Å²) in [5.41, 5.74) is 6.38. The average molecular weight is 405 g/mol. The molecule has 0 fully saturated rings. The molecule has 0 aliphatic heterocycles. The van der Waals surface area contributed by atoms with Crippen molar-refractivity contribution in [3.05, 3.63) is 169 Å². The molecule has 0 saturated heterocycles. The van der Waals surface area contributed by atoms with Crippen molar-refractivity contribution < 1.29 is 0 Å². The molecular weight excluding hydrogens is 372 g/mol. The van der Waals surface area contributed by atoms with Crippen molar-refractivity contribution in [3.63, 3.8) is 0 Å². The molecular formula is C31H32. The van der Waals surface area contributed by atoms with Crippen LogP contribution >= 0.6 is 0 Å². The largest absolute Gasteiger partial charge is 0.0991 e. The molecule has 0 aromatic heterocycles. The zero-order chi connectivity index (χ0) is 22.7. The Bertz CT molecular complexity index is 1040. The maximum atomic E-state index is 4.03. The Hall–Kier alpha value is -3.64. The first-order chi connectivity index (χ1) is 15.2. The number of benzene rings is 1. The van der Waals surface area contributed by atoms with Gasteiger partial charge < -0.3 is 0 Å². The summed E-state index contributed by atoms with van der Waals surface area (Å²) in [6.45, 7) is 20.0. The van der Waals surface area contributed by atoms with Crippen LogP contribution in [-0.2, 0) is 5.41 Å². The summed E-state index contributed by atoms with van der Waals surface area (Å²) >= 11 is 0. The minimum atomic E-state index is -0.542. The molecule has 0 radical (unpaired) electrons. The lowest BCUT2D eigenvalue weighted by molar-refractivity contribution is 0.756. The molecule has 1 aromatic rings. The van der Waals surface area contributed by atoms with E-state index in [9.17, 15) is 0 Å².